The molecule has 8 heteroatoms. The van der Waals surface area contributed by atoms with Crippen molar-refractivity contribution in [3.8, 4) is 0 Å². The summed E-state index contributed by atoms with van der Waals surface area (Å²) < 4.78 is 31.9. The van der Waals surface area contributed by atoms with E-state index in [1.54, 1.807) is 11.0 Å². The van der Waals surface area contributed by atoms with Gasteiger partial charge in [-0.25, -0.2) is 13.2 Å². The molecule has 148 valence electrons. The summed E-state index contributed by atoms with van der Waals surface area (Å²) in [5.74, 6) is 0.291. The fraction of sp³-hybridized carbons (Fsp3) is 0.632. The number of hydrogen-bond donors (Lipinski definition) is 0. The van der Waals surface area contributed by atoms with Gasteiger partial charge in [-0.3, -0.25) is 0 Å². The lowest BCUT2D eigenvalue weighted by molar-refractivity contribution is 0.0189. The highest BCUT2D eigenvalue weighted by atomic mass is 79.9. The molecule has 1 amide bonds. The molecule has 0 N–H and O–H groups in total. The van der Waals surface area contributed by atoms with Gasteiger partial charge in [0.1, 0.15) is 5.60 Å². The monoisotopic (exact) mass is 456 g/mol. The van der Waals surface area contributed by atoms with Crippen LogP contribution in [0.5, 0.6) is 0 Å². The van der Waals surface area contributed by atoms with E-state index in [1.807, 2.05) is 26.8 Å². The molecule has 6 nitrogen and oxygen atoms in total. The first-order valence-electron chi connectivity index (χ1n) is 9.37. The van der Waals surface area contributed by atoms with Gasteiger partial charge in [0.25, 0.3) is 0 Å². The lowest BCUT2D eigenvalue weighted by Gasteiger charge is -2.39. The van der Waals surface area contributed by atoms with Gasteiger partial charge in [0, 0.05) is 36.1 Å². The molecule has 1 saturated heterocycles. The lowest BCUT2D eigenvalue weighted by atomic mass is 9.89. The fourth-order valence-electron chi connectivity index (χ4n) is 4.51. The van der Waals surface area contributed by atoms with Crippen LogP contribution in [-0.4, -0.2) is 56.4 Å². The van der Waals surface area contributed by atoms with Crippen LogP contribution in [0.25, 0.3) is 0 Å². The predicted octanol–water partition coefficient (Wildman–Crippen LogP) is 3.54. The van der Waals surface area contributed by atoms with Crippen molar-refractivity contribution in [2.75, 3.05) is 30.3 Å². The molecule has 0 radical (unpaired) electrons. The number of amides is 1. The van der Waals surface area contributed by atoms with E-state index in [1.165, 1.54) is 0 Å². The molecule has 1 fully saturated rings. The highest BCUT2D eigenvalue weighted by Gasteiger charge is 2.46. The second-order valence-corrected chi connectivity index (χ2v) is 11.6. The summed E-state index contributed by atoms with van der Waals surface area (Å²) in [7, 11) is -3.29. The van der Waals surface area contributed by atoms with Crippen LogP contribution < -0.4 is 4.90 Å². The zero-order valence-electron chi connectivity index (χ0n) is 15.9. The van der Waals surface area contributed by atoms with E-state index in [9.17, 15) is 13.2 Å². The van der Waals surface area contributed by atoms with E-state index < -0.39 is 15.4 Å². The molecule has 0 saturated carbocycles. The number of sulfone groups is 1. The summed E-state index contributed by atoms with van der Waals surface area (Å²) >= 11 is 3.49. The Kier molecular flexibility index (Phi) is 4.50. The molecule has 1 aromatic carbocycles. The summed E-state index contributed by atoms with van der Waals surface area (Å²) in [6.45, 7) is 7.52. The number of carbonyl (C=O) groups excluding carboxylic acids is 1. The number of piperidine rings is 1. The zero-order valence-corrected chi connectivity index (χ0v) is 18.3. The summed E-state index contributed by atoms with van der Waals surface area (Å²) in [6, 6.07) is 3.99. The van der Waals surface area contributed by atoms with E-state index in [-0.39, 0.29) is 23.8 Å². The Bertz CT molecular complexity index is 894. The minimum Gasteiger partial charge on any atom is -0.444 e. The third kappa shape index (κ3) is 3.35. The van der Waals surface area contributed by atoms with Crippen LogP contribution in [0.2, 0.25) is 0 Å². The third-order valence-electron chi connectivity index (χ3n) is 5.53. The number of ether oxygens (including phenoxy) is 1. The molecule has 27 heavy (non-hydrogen) atoms. The van der Waals surface area contributed by atoms with Crippen molar-refractivity contribution in [1.29, 1.82) is 0 Å². The average Bonchev–Trinajstić information content (AvgIpc) is 2.78. The number of benzene rings is 1. The Labute approximate surface area is 168 Å². The Balaban J connectivity index is 1.72. The van der Waals surface area contributed by atoms with Crippen molar-refractivity contribution >= 4 is 37.5 Å². The topological polar surface area (TPSA) is 66.9 Å². The Morgan fingerprint density at radius 2 is 2.00 bits per heavy atom. The summed E-state index contributed by atoms with van der Waals surface area (Å²) in [4.78, 5) is 17.0. The van der Waals surface area contributed by atoms with Crippen molar-refractivity contribution < 1.29 is 17.9 Å². The van der Waals surface area contributed by atoms with Crippen molar-refractivity contribution in [3.05, 3.63) is 22.2 Å². The molecular formula is C19H25BrN2O4S. The Morgan fingerprint density at radius 1 is 1.26 bits per heavy atom. The van der Waals surface area contributed by atoms with Crippen molar-refractivity contribution in [2.45, 2.75) is 56.1 Å². The lowest BCUT2D eigenvalue weighted by Crippen LogP contribution is -2.49. The van der Waals surface area contributed by atoms with Gasteiger partial charge in [-0.05, 0) is 51.3 Å². The zero-order chi connectivity index (χ0) is 19.6. The van der Waals surface area contributed by atoms with E-state index in [0.717, 1.165) is 28.7 Å². The van der Waals surface area contributed by atoms with Gasteiger partial charge in [-0.15, -0.1) is 0 Å². The molecule has 0 aliphatic carbocycles. The van der Waals surface area contributed by atoms with Gasteiger partial charge in [0.15, 0.2) is 9.84 Å². The van der Waals surface area contributed by atoms with Gasteiger partial charge in [0.05, 0.1) is 16.3 Å². The molecule has 2 atom stereocenters. The number of rotatable bonds is 0. The number of hydrogen-bond acceptors (Lipinski definition) is 5. The van der Waals surface area contributed by atoms with Crippen LogP contribution in [0.1, 0.15) is 45.1 Å². The molecule has 3 heterocycles. The minimum absolute atomic E-state index is 0.103. The van der Waals surface area contributed by atoms with Gasteiger partial charge in [-0.2, -0.15) is 0 Å². The molecule has 0 spiro atoms. The number of halogens is 1. The van der Waals surface area contributed by atoms with Crippen LogP contribution in [0, 0.1) is 0 Å². The normalized spacial score (nSPS) is 26.2. The largest absolute Gasteiger partial charge is 0.444 e. The summed E-state index contributed by atoms with van der Waals surface area (Å²) in [6.07, 6.45) is 1.15. The van der Waals surface area contributed by atoms with Gasteiger partial charge in [-0.1, -0.05) is 15.9 Å². The quantitative estimate of drug-likeness (QED) is 0.596. The van der Waals surface area contributed by atoms with Gasteiger partial charge < -0.3 is 14.5 Å². The van der Waals surface area contributed by atoms with Crippen LogP contribution in [0.4, 0.5) is 10.5 Å². The van der Waals surface area contributed by atoms with Crippen LogP contribution in [0.15, 0.2) is 21.5 Å². The van der Waals surface area contributed by atoms with E-state index in [4.69, 9.17) is 4.74 Å². The molecule has 0 bridgehead atoms. The maximum Gasteiger partial charge on any atom is 0.410 e. The maximum absolute atomic E-state index is 12.8. The molecule has 4 rings (SSSR count). The molecular weight excluding hydrogens is 432 g/mol. The van der Waals surface area contributed by atoms with Crippen molar-refractivity contribution in [3.63, 3.8) is 0 Å². The van der Waals surface area contributed by atoms with E-state index in [2.05, 4.69) is 20.8 Å². The highest BCUT2D eigenvalue weighted by Crippen LogP contribution is 2.50. The van der Waals surface area contributed by atoms with Crippen LogP contribution in [-0.2, 0) is 14.6 Å². The Hall–Kier alpha value is -1.28. The van der Waals surface area contributed by atoms with E-state index >= 15 is 0 Å². The predicted molar refractivity (Wildman–Crippen MR) is 107 cm³/mol. The number of likely N-dealkylation sites (tertiary alicyclic amines) is 1. The number of nitrogens with zero attached hydrogens (tertiary/aromatic N) is 2. The smallest absolute Gasteiger partial charge is 0.410 e. The third-order valence-corrected chi connectivity index (χ3v) is 7.80. The number of anilines is 1. The van der Waals surface area contributed by atoms with Gasteiger partial charge in [0.2, 0.25) is 0 Å². The fourth-order valence-corrected chi connectivity index (χ4v) is 6.70. The maximum atomic E-state index is 12.8. The van der Waals surface area contributed by atoms with Crippen LogP contribution >= 0.6 is 15.9 Å². The van der Waals surface area contributed by atoms with Crippen LogP contribution in [0.3, 0.4) is 0 Å². The van der Waals surface area contributed by atoms with E-state index in [0.29, 0.717) is 24.4 Å². The molecule has 0 aromatic heterocycles. The second kappa shape index (κ2) is 6.37. The first-order chi connectivity index (χ1) is 12.6. The first kappa shape index (κ1) is 19.1. The Morgan fingerprint density at radius 3 is 2.70 bits per heavy atom. The van der Waals surface area contributed by atoms with Gasteiger partial charge >= 0.3 is 6.09 Å². The average molecular weight is 457 g/mol. The molecule has 3 aliphatic rings. The SMILES string of the molecule is CC(C)(C)OC(=O)N1CC[C@H]2[C@@H](C1)c1cc(Br)cc3c1N2CCCS3(=O)=O. The first-order valence-corrected chi connectivity index (χ1v) is 11.8. The summed E-state index contributed by atoms with van der Waals surface area (Å²) in [5.41, 5.74) is 1.36. The minimum atomic E-state index is -3.29. The number of fused-ring (bicyclic) bond motifs is 3. The van der Waals surface area contributed by atoms with Crippen molar-refractivity contribution in [1.82, 2.24) is 4.90 Å². The molecule has 1 aromatic rings. The molecule has 3 aliphatic heterocycles. The molecule has 0 unspecified atom stereocenters. The van der Waals surface area contributed by atoms with Crippen molar-refractivity contribution in [2.24, 2.45) is 0 Å². The highest BCUT2D eigenvalue weighted by molar-refractivity contribution is 9.10. The second-order valence-electron chi connectivity index (χ2n) is 8.60. The summed E-state index contributed by atoms with van der Waals surface area (Å²) in [5, 5.41) is 0. The standard InChI is InChI=1S/C19H25BrN2O4S/c1-19(2,3)26-18(23)21-7-5-15-14(11-21)13-9-12(20)10-16-17(13)22(15)6-4-8-27(16,24)25/h9-10,14-15H,4-8,11H2,1-3H3/t14-,15-/m0/s1. The number of carbonyl (C=O) groups is 1.